The second kappa shape index (κ2) is 6.59. The Morgan fingerprint density at radius 2 is 2.09 bits per heavy atom. The topological polar surface area (TPSA) is 71.5 Å². The van der Waals surface area contributed by atoms with Gasteiger partial charge in [0.05, 0.1) is 4.88 Å². The summed E-state index contributed by atoms with van der Waals surface area (Å²) >= 11 is 0.943. The van der Waals surface area contributed by atoms with Gasteiger partial charge in [-0.05, 0) is 39.0 Å². The molecule has 1 heterocycles. The van der Waals surface area contributed by atoms with Gasteiger partial charge in [-0.15, -0.1) is 0 Å². The highest BCUT2D eigenvalue weighted by molar-refractivity contribution is 7.15. The Labute approximate surface area is 135 Å². The van der Waals surface area contributed by atoms with Crippen molar-refractivity contribution in [3.63, 3.8) is 0 Å². The van der Waals surface area contributed by atoms with Gasteiger partial charge in [0.15, 0.2) is 5.13 Å². The Morgan fingerprint density at radius 3 is 2.74 bits per heavy atom. The van der Waals surface area contributed by atoms with Crippen LogP contribution in [0.4, 0.5) is 18.7 Å². The van der Waals surface area contributed by atoms with E-state index in [-0.39, 0.29) is 15.6 Å². The highest BCUT2D eigenvalue weighted by atomic mass is 32.1. The molecule has 0 bridgehead atoms. The first-order valence-corrected chi connectivity index (χ1v) is 7.56. The summed E-state index contributed by atoms with van der Waals surface area (Å²) in [7, 11) is 0. The summed E-state index contributed by atoms with van der Waals surface area (Å²) in [4.78, 5) is 15.8. The molecule has 0 spiro atoms. The molecule has 0 radical (unpaired) electrons. The van der Waals surface area contributed by atoms with Crippen LogP contribution in [0.15, 0.2) is 24.4 Å². The number of hydrogen-bond donors (Lipinski definition) is 2. The van der Waals surface area contributed by atoms with Gasteiger partial charge in [0.1, 0.15) is 23.3 Å². The standard InChI is InChI=1S/C15H16F2N2O3S/c1-15(2,3)22-14(21)19-13-18-7-11(23-13)12(20)9-6-8(16)4-5-10(9)17/h4-7,12,20H,1-3H3,(H,18,19,21). The number of carbonyl (C=O) groups excluding carboxylic acids is 1. The molecule has 124 valence electrons. The summed E-state index contributed by atoms with van der Waals surface area (Å²) in [6.45, 7) is 5.16. The molecule has 23 heavy (non-hydrogen) atoms. The number of thiazole rings is 1. The minimum Gasteiger partial charge on any atom is -0.444 e. The lowest BCUT2D eigenvalue weighted by Gasteiger charge is -2.18. The van der Waals surface area contributed by atoms with Crippen molar-refractivity contribution in [1.82, 2.24) is 4.98 Å². The third kappa shape index (κ3) is 4.70. The van der Waals surface area contributed by atoms with Crippen molar-refractivity contribution in [2.75, 3.05) is 5.32 Å². The second-order valence-corrected chi connectivity index (χ2v) is 6.83. The molecule has 0 saturated heterocycles. The Morgan fingerprint density at radius 1 is 1.39 bits per heavy atom. The van der Waals surface area contributed by atoms with E-state index in [0.29, 0.717) is 0 Å². The zero-order valence-electron chi connectivity index (χ0n) is 12.8. The van der Waals surface area contributed by atoms with Gasteiger partial charge in [-0.1, -0.05) is 11.3 Å². The number of anilines is 1. The van der Waals surface area contributed by atoms with Crippen molar-refractivity contribution < 1.29 is 23.4 Å². The van der Waals surface area contributed by atoms with Crippen molar-refractivity contribution in [2.45, 2.75) is 32.5 Å². The maximum absolute atomic E-state index is 13.7. The van der Waals surface area contributed by atoms with Crippen molar-refractivity contribution in [1.29, 1.82) is 0 Å². The summed E-state index contributed by atoms with van der Waals surface area (Å²) < 4.78 is 31.9. The van der Waals surface area contributed by atoms with Crippen LogP contribution in [0.3, 0.4) is 0 Å². The van der Waals surface area contributed by atoms with E-state index in [4.69, 9.17) is 4.74 Å². The number of rotatable bonds is 3. The zero-order valence-corrected chi connectivity index (χ0v) is 13.6. The van der Waals surface area contributed by atoms with Crippen LogP contribution in [0.1, 0.15) is 37.3 Å². The number of halogens is 2. The number of aliphatic hydroxyl groups is 1. The molecule has 2 aromatic rings. The van der Waals surface area contributed by atoms with Gasteiger partial charge < -0.3 is 9.84 Å². The Kier molecular flexibility index (Phi) is 4.96. The van der Waals surface area contributed by atoms with Crippen molar-refractivity contribution in [3.05, 3.63) is 46.5 Å². The van der Waals surface area contributed by atoms with Gasteiger partial charge in [0, 0.05) is 11.8 Å². The van der Waals surface area contributed by atoms with Crippen LogP contribution in [-0.2, 0) is 4.74 Å². The largest absolute Gasteiger partial charge is 0.444 e. The van der Waals surface area contributed by atoms with Crippen LogP contribution in [0.25, 0.3) is 0 Å². The maximum atomic E-state index is 13.7. The quantitative estimate of drug-likeness (QED) is 0.889. The van der Waals surface area contributed by atoms with Crippen LogP contribution in [0.5, 0.6) is 0 Å². The average molecular weight is 342 g/mol. The smallest absolute Gasteiger partial charge is 0.413 e. The molecule has 0 aliphatic rings. The van der Waals surface area contributed by atoms with E-state index < -0.39 is 29.4 Å². The van der Waals surface area contributed by atoms with Crippen molar-refractivity contribution in [2.24, 2.45) is 0 Å². The highest BCUT2D eigenvalue weighted by Gasteiger charge is 2.21. The average Bonchev–Trinajstić information content (AvgIpc) is 2.87. The van der Waals surface area contributed by atoms with Gasteiger partial charge in [-0.3, -0.25) is 5.32 Å². The number of ether oxygens (including phenoxy) is 1. The lowest BCUT2D eigenvalue weighted by molar-refractivity contribution is 0.0636. The first-order chi connectivity index (χ1) is 10.7. The van der Waals surface area contributed by atoms with Crippen LogP contribution in [0, 0.1) is 11.6 Å². The number of nitrogens with one attached hydrogen (secondary N) is 1. The Bertz CT molecular complexity index is 713. The minimum absolute atomic E-state index is 0.185. The first kappa shape index (κ1) is 17.3. The van der Waals surface area contributed by atoms with Crippen LogP contribution < -0.4 is 5.32 Å². The van der Waals surface area contributed by atoms with E-state index in [2.05, 4.69) is 10.3 Å². The number of benzene rings is 1. The third-order valence-corrected chi connectivity index (χ3v) is 3.62. The molecule has 1 aromatic heterocycles. The van der Waals surface area contributed by atoms with E-state index in [9.17, 15) is 18.7 Å². The fourth-order valence-corrected chi connectivity index (χ4v) is 2.55. The number of aliphatic hydroxyl groups excluding tert-OH is 1. The lowest BCUT2D eigenvalue weighted by atomic mass is 10.1. The van der Waals surface area contributed by atoms with E-state index in [1.54, 1.807) is 20.8 Å². The molecular weight excluding hydrogens is 326 g/mol. The molecule has 1 amide bonds. The molecule has 0 fully saturated rings. The third-order valence-electron chi connectivity index (χ3n) is 2.65. The molecular formula is C15H16F2N2O3S. The normalized spacial score (nSPS) is 12.8. The molecule has 2 N–H and O–H groups in total. The monoisotopic (exact) mass is 342 g/mol. The molecule has 0 saturated carbocycles. The molecule has 1 atom stereocenters. The predicted molar refractivity (Wildman–Crippen MR) is 82.4 cm³/mol. The minimum atomic E-state index is -1.38. The van der Waals surface area contributed by atoms with Gasteiger partial charge in [0.2, 0.25) is 0 Å². The summed E-state index contributed by atoms with van der Waals surface area (Å²) in [6, 6.07) is 2.82. The van der Waals surface area contributed by atoms with E-state index in [1.165, 1.54) is 6.20 Å². The van der Waals surface area contributed by atoms with Crippen LogP contribution in [-0.4, -0.2) is 21.8 Å². The van der Waals surface area contributed by atoms with Crippen molar-refractivity contribution >= 4 is 22.6 Å². The zero-order chi connectivity index (χ0) is 17.2. The summed E-state index contributed by atoms with van der Waals surface area (Å²) in [5, 5.41) is 12.8. The number of aromatic nitrogens is 1. The molecule has 5 nitrogen and oxygen atoms in total. The Hall–Kier alpha value is -2.06. The van der Waals surface area contributed by atoms with E-state index in [1.807, 2.05) is 0 Å². The molecule has 2 rings (SSSR count). The Balaban J connectivity index is 2.12. The maximum Gasteiger partial charge on any atom is 0.413 e. The summed E-state index contributed by atoms with van der Waals surface area (Å²) in [5.74, 6) is -1.38. The highest BCUT2D eigenvalue weighted by Crippen LogP contribution is 2.31. The van der Waals surface area contributed by atoms with Gasteiger partial charge in [0.25, 0.3) is 0 Å². The fraction of sp³-hybridized carbons (Fsp3) is 0.333. The van der Waals surface area contributed by atoms with Gasteiger partial charge >= 0.3 is 6.09 Å². The summed E-state index contributed by atoms with van der Waals surface area (Å²) in [6.07, 6.45) is -0.783. The molecule has 0 aliphatic heterocycles. The van der Waals surface area contributed by atoms with E-state index in [0.717, 1.165) is 29.5 Å². The number of amides is 1. The number of nitrogens with zero attached hydrogens (tertiary/aromatic N) is 1. The van der Waals surface area contributed by atoms with Gasteiger partial charge in [-0.2, -0.15) is 0 Å². The van der Waals surface area contributed by atoms with Crippen LogP contribution >= 0.6 is 11.3 Å². The molecule has 8 heteroatoms. The summed E-state index contributed by atoms with van der Waals surface area (Å²) in [5.41, 5.74) is -0.855. The molecule has 1 unspecified atom stereocenters. The first-order valence-electron chi connectivity index (χ1n) is 6.74. The molecule has 0 aliphatic carbocycles. The van der Waals surface area contributed by atoms with Crippen molar-refractivity contribution in [3.8, 4) is 0 Å². The fourth-order valence-electron chi connectivity index (χ4n) is 1.74. The van der Waals surface area contributed by atoms with Gasteiger partial charge in [-0.25, -0.2) is 18.6 Å². The molecule has 1 aromatic carbocycles. The lowest BCUT2D eigenvalue weighted by Crippen LogP contribution is -2.27. The predicted octanol–water partition coefficient (Wildman–Crippen LogP) is 3.85. The number of carbonyl (C=O) groups is 1. The van der Waals surface area contributed by atoms with E-state index >= 15 is 0 Å². The number of hydrogen-bond acceptors (Lipinski definition) is 5. The second-order valence-electron chi connectivity index (χ2n) is 5.76. The van der Waals surface area contributed by atoms with Crippen LogP contribution in [0.2, 0.25) is 0 Å². The SMILES string of the molecule is CC(C)(C)OC(=O)Nc1ncc(C(O)c2cc(F)ccc2F)s1.